The first-order chi connectivity index (χ1) is 13.1. The highest BCUT2D eigenvalue weighted by Gasteiger charge is 2.30. The van der Waals surface area contributed by atoms with Crippen molar-refractivity contribution in [1.29, 1.82) is 0 Å². The van der Waals surface area contributed by atoms with E-state index in [1.54, 1.807) is 18.7 Å². The molecule has 1 amide bonds. The lowest BCUT2D eigenvalue weighted by molar-refractivity contribution is -0.125. The molecule has 0 unspecified atom stereocenters. The van der Waals surface area contributed by atoms with Gasteiger partial charge in [0, 0.05) is 50.3 Å². The molecule has 1 aliphatic rings. The Morgan fingerprint density at radius 3 is 2.96 bits per heavy atom. The van der Waals surface area contributed by atoms with Gasteiger partial charge in [-0.25, -0.2) is 4.98 Å². The number of fused-ring (bicyclic) bond motifs is 1. The van der Waals surface area contributed by atoms with Crippen LogP contribution in [-0.2, 0) is 24.4 Å². The van der Waals surface area contributed by atoms with Gasteiger partial charge in [0.2, 0.25) is 5.91 Å². The van der Waals surface area contributed by atoms with Crippen molar-refractivity contribution in [3.05, 3.63) is 65.3 Å². The summed E-state index contributed by atoms with van der Waals surface area (Å²) in [5.74, 6) is 0.797. The first-order valence-electron chi connectivity index (χ1n) is 8.93. The average molecular weight is 366 g/mol. The van der Waals surface area contributed by atoms with Gasteiger partial charge in [0.25, 0.3) is 0 Å². The van der Waals surface area contributed by atoms with Gasteiger partial charge in [-0.2, -0.15) is 0 Å². The van der Waals surface area contributed by atoms with E-state index in [9.17, 15) is 4.79 Å². The van der Waals surface area contributed by atoms with Crippen LogP contribution in [0, 0.1) is 13.8 Å². The molecule has 1 N–H and O–H groups in total. The summed E-state index contributed by atoms with van der Waals surface area (Å²) in [6.45, 7) is 6.35. The van der Waals surface area contributed by atoms with Gasteiger partial charge >= 0.3 is 0 Å². The molecular formula is C19H22N6O2. The Morgan fingerprint density at radius 1 is 1.33 bits per heavy atom. The Kier molecular flexibility index (Phi) is 4.72. The van der Waals surface area contributed by atoms with Crippen molar-refractivity contribution in [3.63, 3.8) is 0 Å². The molecule has 0 radical (unpaired) electrons. The highest BCUT2D eigenvalue weighted by atomic mass is 16.5. The average Bonchev–Trinajstić information content (AvgIpc) is 3.28. The predicted octanol–water partition coefficient (Wildman–Crippen LogP) is 1.76. The van der Waals surface area contributed by atoms with E-state index in [-0.39, 0.29) is 11.9 Å². The zero-order valence-electron chi connectivity index (χ0n) is 15.4. The fourth-order valence-electron chi connectivity index (χ4n) is 3.45. The summed E-state index contributed by atoms with van der Waals surface area (Å²) in [6, 6.07) is 3.48. The number of nitrogens with one attached hydrogen (secondary N) is 1. The lowest BCUT2D eigenvalue weighted by Gasteiger charge is -2.33. The van der Waals surface area contributed by atoms with Gasteiger partial charge in [-0.15, -0.1) is 0 Å². The molecule has 0 saturated carbocycles. The van der Waals surface area contributed by atoms with E-state index in [4.69, 9.17) is 4.52 Å². The van der Waals surface area contributed by atoms with Crippen molar-refractivity contribution in [2.75, 3.05) is 6.54 Å². The molecule has 0 aliphatic carbocycles. The summed E-state index contributed by atoms with van der Waals surface area (Å²) in [5.41, 5.74) is 3.97. The van der Waals surface area contributed by atoms with Crippen molar-refractivity contribution in [1.82, 2.24) is 29.9 Å². The molecule has 0 aromatic carbocycles. The van der Waals surface area contributed by atoms with Crippen molar-refractivity contribution in [2.24, 2.45) is 0 Å². The van der Waals surface area contributed by atoms with Crippen LogP contribution in [0.2, 0.25) is 0 Å². The van der Waals surface area contributed by atoms with Crippen LogP contribution in [0.25, 0.3) is 0 Å². The van der Waals surface area contributed by atoms with Gasteiger partial charge in [0.15, 0.2) is 0 Å². The smallest absolute Gasteiger partial charge is 0.244 e. The predicted molar refractivity (Wildman–Crippen MR) is 97.4 cm³/mol. The van der Waals surface area contributed by atoms with E-state index in [2.05, 4.69) is 25.3 Å². The maximum atomic E-state index is 12.9. The first kappa shape index (κ1) is 17.4. The molecule has 0 fully saturated rings. The molecule has 8 heteroatoms. The van der Waals surface area contributed by atoms with Crippen molar-refractivity contribution >= 4 is 5.91 Å². The molecule has 0 spiro atoms. The molecule has 1 aliphatic heterocycles. The second kappa shape index (κ2) is 7.32. The van der Waals surface area contributed by atoms with E-state index in [1.165, 1.54) is 0 Å². The lowest BCUT2D eigenvalue weighted by atomic mass is 10.1. The zero-order valence-corrected chi connectivity index (χ0v) is 15.4. The van der Waals surface area contributed by atoms with Crippen LogP contribution in [0.15, 0.2) is 41.6 Å². The summed E-state index contributed by atoms with van der Waals surface area (Å²) in [7, 11) is 0. The van der Waals surface area contributed by atoms with Crippen LogP contribution in [0.1, 0.15) is 34.3 Å². The fraction of sp³-hybridized carbons (Fsp3) is 0.368. The SMILES string of the molecule is Cc1noc(C)c1CN1Cc2cncn2[C@H](C(=O)NCc2cccnc2)C1. The summed E-state index contributed by atoms with van der Waals surface area (Å²) in [4.78, 5) is 23.4. The Hall–Kier alpha value is -3.00. The van der Waals surface area contributed by atoms with E-state index in [1.807, 2.05) is 36.7 Å². The van der Waals surface area contributed by atoms with Crippen LogP contribution >= 0.6 is 0 Å². The Balaban J connectivity index is 1.49. The minimum Gasteiger partial charge on any atom is -0.361 e. The summed E-state index contributed by atoms with van der Waals surface area (Å²) >= 11 is 0. The van der Waals surface area contributed by atoms with Gasteiger partial charge in [0.05, 0.1) is 17.7 Å². The third-order valence-electron chi connectivity index (χ3n) is 4.95. The van der Waals surface area contributed by atoms with Crippen molar-refractivity contribution < 1.29 is 9.32 Å². The number of aryl methyl sites for hydroxylation is 2. The number of hydrogen-bond donors (Lipinski definition) is 1. The number of aromatic nitrogens is 4. The van der Waals surface area contributed by atoms with Gasteiger partial charge in [-0.3, -0.25) is 14.7 Å². The Morgan fingerprint density at radius 2 is 2.22 bits per heavy atom. The zero-order chi connectivity index (χ0) is 18.8. The van der Waals surface area contributed by atoms with Crippen molar-refractivity contribution in [3.8, 4) is 0 Å². The summed E-state index contributed by atoms with van der Waals surface area (Å²) in [5, 5.41) is 7.05. The quantitative estimate of drug-likeness (QED) is 0.740. The second-order valence-corrected chi connectivity index (χ2v) is 6.86. The fourth-order valence-corrected chi connectivity index (χ4v) is 3.45. The van der Waals surface area contributed by atoms with E-state index >= 15 is 0 Å². The molecule has 1 atom stereocenters. The molecule has 4 heterocycles. The maximum absolute atomic E-state index is 12.9. The highest BCUT2D eigenvalue weighted by molar-refractivity contribution is 5.80. The van der Waals surface area contributed by atoms with E-state index in [0.717, 1.165) is 34.8 Å². The van der Waals surface area contributed by atoms with Crippen molar-refractivity contribution in [2.45, 2.75) is 39.5 Å². The van der Waals surface area contributed by atoms with E-state index in [0.29, 0.717) is 19.6 Å². The molecule has 0 saturated heterocycles. The van der Waals surface area contributed by atoms with Crippen LogP contribution in [0.5, 0.6) is 0 Å². The molecule has 0 bridgehead atoms. The number of nitrogens with zero attached hydrogens (tertiary/aromatic N) is 5. The third-order valence-corrected chi connectivity index (χ3v) is 4.95. The minimum atomic E-state index is -0.326. The number of imidazole rings is 1. The molecule has 3 aromatic rings. The molecule has 27 heavy (non-hydrogen) atoms. The van der Waals surface area contributed by atoms with Crippen LogP contribution in [-0.4, -0.2) is 37.0 Å². The monoisotopic (exact) mass is 366 g/mol. The van der Waals surface area contributed by atoms with Gasteiger partial charge in [-0.1, -0.05) is 11.2 Å². The summed E-state index contributed by atoms with van der Waals surface area (Å²) in [6.07, 6.45) is 7.03. The number of amides is 1. The largest absolute Gasteiger partial charge is 0.361 e. The number of carbonyl (C=O) groups excluding carboxylic acids is 1. The van der Waals surface area contributed by atoms with Gasteiger partial charge < -0.3 is 14.4 Å². The number of carbonyl (C=O) groups is 1. The van der Waals surface area contributed by atoms with E-state index < -0.39 is 0 Å². The Bertz CT molecular complexity index is 913. The second-order valence-electron chi connectivity index (χ2n) is 6.86. The molecule has 8 nitrogen and oxygen atoms in total. The number of pyridine rings is 1. The first-order valence-corrected chi connectivity index (χ1v) is 8.93. The molecule has 140 valence electrons. The molecular weight excluding hydrogens is 344 g/mol. The minimum absolute atomic E-state index is 0.0263. The third kappa shape index (κ3) is 3.61. The molecule has 3 aromatic heterocycles. The number of hydrogen-bond acceptors (Lipinski definition) is 6. The molecule has 4 rings (SSSR count). The van der Waals surface area contributed by atoms with Gasteiger partial charge in [-0.05, 0) is 25.5 Å². The topological polar surface area (TPSA) is 89.1 Å². The van der Waals surface area contributed by atoms with Crippen LogP contribution in [0.4, 0.5) is 0 Å². The van der Waals surface area contributed by atoms with Crippen LogP contribution < -0.4 is 5.32 Å². The Labute approximate surface area is 157 Å². The van der Waals surface area contributed by atoms with Crippen LogP contribution in [0.3, 0.4) is 0 Å². The lowest BCUT2D eigenvalue weighted by Crippen LogP contribution is -2.44. The maximum Gasteiger partial charge on any atom is 0.244 e. The number of rotatable bonds is 5. The summed E-state index contributed by atoms with van der Waals surface area (Å²) < 4.78 is 7.23. The van der Waals surface area contributed by atoms with Gasteiger partial charge in [0.1, 0.15) is 11.8 Å². The standard InChI is InChI=1S/C19H22N6O2/c1-13-17(14(2)27-23-13)10-24-9-16-8-21-12-25(16)18(11-24)19(26)22-7-15-4-3-5-20-6-15/h3-6,8,12,18H,7,9-11H2,1-2H3,(H,22,26)/t18-/m0/s1. The highest BCUT2D eigenvalue weighted by Crippen LogP contribution is 2.24. The normalized spacial score (nSPS) is 16.9.